The van der Waals surface area contributed by atoms with Gasteiger partial charge in [0.25, 0.3) is 0 Å². The van der Waals surface area contributed by atoms with E-state index in [4.69, 9.17) is 23.4 Å². The van der Waals surface area contributed by atoms with Crippen molar-refractivity contribution in [2.75, 3.05) is 26.9 Å². The predicted molar refractivity (Wildman–Crippen MR) is 290 cm³/mol. The number of carbonyl (C=O) groups excluding carboxylic acids is 2. The zero-order valence-electron chi connectivity index (χ0n) is 44.4. The minimum Gasteiger partial charge on any atom is -0.482 e. The number of ether oxygens (including phenoxy) is 4. The number of methoxy groups -OCH3 is 1. The highest BCUT2D eigenvalue weighted by Crippen LogP contribution is 2.58. The largest absolute Gasteiger partial charge is 0.482 e. The molecule has 12 rings (SSSR count). The molecule has 11 heteroatoms. The molecule has 4 fully saturated rings. The summed E-state index contributed by atoms with van der Waals surface area (Å²) >= 11 is 0. The molecular weight excluding hydrogens is 957 g/mol. The van der Waals surface area contributed by atoms with Gasteiger partial charge in [-0.25, -0.2) is 9.59 Å². The van der Waals surface area contributed by atoms with Crippen LogP contribution in [0.5, 0.6) is 5.75 Å². The number of aryl methyl sites for hydroxylation is 1. The Bertz CT molecular complexity index is 2980. The minimum absolute atomic E-state index is 0.0312. The number of carbonyl (C=O) groups is 2. The van der Waals surface area contributed by atoms with E-state index >= 15 is 9.59 Å². The van der Waals surface area contributed by atoms with Crippen LogP contribution in [0.15, 0.2) is 111 Å². The van der Waals surface area contributed by atoms with Crippen molar-refractivity contribution < 1.29 is 48.3 Å². The van der Waals surface area contributed by atoms with Gasteiger partial charge in [-0.2, -0.15) is 0 Å². The Morgan fingerprint density at radius 2 is 1.54 bits per heavy atom. The molecule has 2 bridgehead atoms. The number of rotatable bonds is 10. The third-order valence-corrected chi connectivity index (χ3v) is 19.3. The van der Waals surface area contributed by atoms with E-state index < -0.39 is 47.9 Å². The lowest BCUT2D eigenvalue weighted by atomic mass is 9.59. The first-order chi connectivity index (χ1) is 37.1. The summed E-state index contributed by atoms with van der Waals surface area (Å²) < 4.78 is 33.4. The summed E-state index contributed by atoms with van der Waals surface area (Å²) in [7, 11) is 1.52. The van der Waals surface area contributed by atoms with E-state index in [-0.39, 0.29) is 84.4 Å². The molecule has 76 heavy (non-hydrogen) atoms. The molecule has 5 aromatic rings. The molecule has 3 N–H and O–H groups in total. The topological polar surface area (TPSA) is 162 Å². The SMILES string of the molecule is COC[C@@H](CCO)c1c(CO)c2ccc3c(c2oc1=O)[C@H]1OC(=O)C[C@@H]2C[C@H](c4cccc(C5(c6ccccc6)CCCC5)c4)CC[C@H]2c2ccc(cc2)CC/C(=C(\C)CO)C(=O)O[C@@H]1[C@@]1(CCC[C@H]2CCCC[C@H]21)O3. The van der Waals surface area contributed by atoms with Crippen LogP contribution in [0.2, 0.25) is 0 Å². The Hall–Kier alpha value is -5.59. The zero-order chi connectivity index (χ0) is 52.6. The van der Waals surface area contributed by atoms with Gasteiger partial charge in [-0.05, 0) is 159 Å². The highest BCUT2D eigenvalue weighted by molar-refractivity contribution is 5.90. The second-order valence-electron chi connectivity index (χ2n) is 23.3. The van der Waals surface area contributed by atoms with Gasteiger partial charge in [0, 0.05) is 53.9 Å². The zero-order valence-corrected chi connectivity index (χ0v) is 44.4. The van der Waals surface area contributed by atoms with E-state index in [1.165, 1.54) is 42.2 Å². The van der Waals surface area contributed by atoms with Crippen LogP contribution in [0, 0.1) is 17.8 Å². The van der Waals surface area contributed by atoms with Gasteiger partial charge in [0.05, 0.1) is 25.4 Å². The van der Waals surface area contributed by atoms with E-state index in [0.717, 1.165) is 76.2 Å². The van der Waals surface area contributed by atoms with Crippen LogP contribution in [0.25, 0.3) is 11.0 Å². The summed E-state index contributed by atoms with van der Waals surface area (Å²) in [6.45, 7) is 0.784. The van der Waals surface area contributed by atoms with Crippen LogP contribution < -0.4 is 10.4 Å². The molecule has 4 heterocycles. The maximum absolute atomic E-state index is 15.6. The van der Waals surface area contributed by atoms with Gasteiger partial charge in [0.2, 0.25) is 0 Å². The first kappa shape index (κ1) is 52.5. The summed E-state index contributed by atoms with van der Waals surface area (Å²) in [5, 5.41) is 32.3. The highest BCUT2D eigenvalue weighted by atomic mass is 16.6. The fraction of sp³-hybridized carbons (Fsp3) is 0.523. The molecule has 11 nitrogen and oxygen atoms in total. The molecule has 9 atom stereocenters. The summed E-state index contributed by atoms with van der Waals surface area (Å²) in [5.41, 5.74) is 6.17. The lowest BCUT2D eigenvalue weighted by molar-refractivity contribution is -0.217. The number of aliphatic hydroxyl groups excluding tert-OH is 3. The van der Waals surface area contributed by atoms with Crippen molar-refractivity contribution in [1.82, 2.24) is 0 Å². The first-order valence-electron chi connectivity index (χ1n) is 28.6. The van der Waals surface area contributed by atoms with Crippen LogP contribution in [0.1, 0.15) is 184 Å². The van der Waals surface area contributed by atoms with E-state index in [9.17, 15) is 20.1 Å². The maximum Gasteiger partial charge on any atom is 0.340 e. The fourth-order valence-corrected chi connectivity index (χ4v) is 15.6. The number of hydrogen-bond donors (Lipinski definition) is 3. The standard InChI is InChI=1S/C65H76O11/c1-40(37-67)50-25-21-41-19-22-42(23-20-41)51-26-24-45(44-13-10-17-49(35-44)64(30-8-9-31-64)48-15-4-3-5-16-48)34-47(51)36-56(69)73-60-58-55(76-65(61(60)75-62(50)70)32-11-14-43-12-6-7-18-54(43)65)28-27-52-53(38-68)57(63(71)74-59(52)58)46(29-33-66)39-72-2/h3-5,10,13,15-17,19-20,22-23,27-28,35,43,45-47,51,54,60-61,66-68H,6-9,11-12,14,18,21,24-26,29-34,36-39H2,1-2H3/b50-40-/t43-,45-,46-,47+,51+,54-,60-,61+,65+/m1/s1. The quantitative estimate of drug-likeness (QED) is 0.0693. The first-order valence-corrected chi connectivity index (χ1v) is 28.6. The van der Waals surface area contributed by atoms with Crippen LogP contribution >= 0.6 is 0 Å². The normalized spacial score (nSPS) is 28.6. The van der Waals surface area contributed by atoms with E-state index in [1.54, 1.807) is 13.0 Å². The molecule has 3 aliphatic heterocycles. The van der Waals surface area contributed by atoms with Crippen LogP contribution in [0.3, 0.4) is 0 Å². The van der Waals surface area contributed by atoms with Crippen molar-refractivity contribution in [2.45, 2.75) is 170 Å². The Morgan fingerprint density at radius 3 is 2.30 bits per heavy atom. The van der Waals surface area contributed by atoms with Crippen molar-refractivity contribution in [3.05, 3.63) is 157 Å². The van der Waals surface area contributed by atoms with Gasteiger partial charge in [-0.15, -0.1) is 0 Å². The van der Waals surface area contributed by atoms with Gasteiger partial charge in [-0.3, -0.25) is 4.79 Å². The Morgan fingerprint density at radius 1 is 0.763 bits per heavy atom. The van der Waals surface area contributed by atoms with E-state index in [1.807, 2.05) is 6.07 Å². The van der Waals surface area contributed by atoms with Crippen molar-refractivity contribution in [1.29, 1.82) is 0 Å². The molecule has 402 valence electrons. The van der Waals surface area contributed by atoms with Gasteiger partial charge in [0.1, 0.15) is 11.3 Å². The maximum atomic E-state index is 15.6. The molecule has 0 saturated heterocycles. The summed E-state index contributed by atoms with van der Waals surface area (Å²) in [6, 6.07) is 32.5. The number of esters is 2. The van der Waals surface area contributed by atoms with Crippen molar-refractivity contribution >= 4 is 22.9 Å². The average molecular weight is 1030 g/mol. The number of hydrogen-bond acceptors (Lipinski definition) is 11. The van der Waals surface area contributed by atoms with Gasteiger partial charge in [-0.1, -0.05) is 111 Å². The fourth-order valence-electron chi connectivity index (χ4n) is 15.6. The summed E-state index contributed by atoms with van der Waals surface area (Å²) in [5.74, 6) is -0.826. The molecule has 0 radical (unpaired) electrons. The molecule has 4 aromatic carbocycles. The Labute approximate surface area is 447 Å². The predicted octanol–water partition coefficient (Wildman–Crippen LogP) is 11.9. The molecule has 0 unspecified atom stereocenters. The van der Waals surface area contributed by atoms with Crippen LogP contribution in [-0.4, -0.2) is 65.9 Å². The van der Waals surface area contributed by atoms with Gasteiger partial charge in [0.15, 0.2) is 17.8 Å². The number of fused-ring (bicyclic) bond motifs is 13. The van der Waals surface area contributed by atoms with Crippen LogP contribution in [-0.2, 0) is 42.2 Å². The Kier molecular flexibility index (Phi) is 15.5. The van der Waals surface area contributed by atoms with E-state index in [0.29, 0.717) is 47.1 Å². The molecule has 4 saturated carbocycles. The molecule has 4 aliphatic carbocycles. The molecule has 7 aliphatic rings. The second-order valence-corrected chi connectivity index (χ2v) is 23.3. The molecule has 1 spiro atoms. The van der Waals surface area contributed by atoms with Crippen molar-refractivity contribution in [2.24, 2.45) is 17.8 Å². The molecule has 1 aromatic heterocycles. The van der Waals surface area contributed by atoms with Crippen molar-refractivity contribution in [3.8, 4) is 5.75 Å². The molecular formula is C65H76O11. The lowest BCUT2D eigenvalue weighted by Crippen LogP contribution is -2.63. The molecule has 0 amide bonds. The van der Waals surface area contributed by atoms with Crippen molar-refractivity contribution in [3.63, 3.8) is 0 Å². The number of benzene rings is 4. The smallest absolute Gasteiger partial charge is 0.340 e. The highest BCUT2D eigenvalue weighted by Gasteiger charge is 2.62. The van der Waals surface area contributed by atoms with Crippen LogP contribution in [0.4, 0.5) is 0 Å². The minimum atomic E-state index is -1.27. The van der Waals surface area contributed by atoms with E-state index in [2.05, 4.69) is 78.9 Å². The summed E-state index contributed by atoms with van der Waals surface area (Å²) in [4.78, 5) is 45.3. The lowest BCUT2D eigenvalue weighted by Gasteiger charge is -2.56. The number of aliphatic hydroxyl groups is 3. The third-order valence-electron chi connectivity index (χ3n) is 19.3. The monoisotopic (exact) mass is 1030 g/mol. The van der Waals surface area contributed by atoms with Gasteiger partial charge >= 0.3 is 17.6 Å². The van der Waals surface area contributed by atoms with Gasteiger partial charge < -0.3 is 38.7 Å². The second kappa shape index (κ2) is 22.4. The third kappa shape index (κ3) is 9.66. The Balaban J connectivity index is 1.05. The summed E-state index contributed by atoms with van der Waals surface area (Å²) in [6.07, 6.45) is 12.2. The average Bonchev–Trinajstić information content (AvgIpc) is 4.09.